The summed E-state index contributed by atoms with van der Waals surface area (Å²) in [5.74, 6) is 0.931. The molecule has 15 heavy (non-hydrogen) atoms. The van der Waals surface area contributed by atoms with Gasteiger partial charge in [0.15, 0.2) is 0 Å². The van der Waals surface area contributed by atoms with Crippen LogP contribution in [0.15, 0.2) is 29.4 Å². The van der Waals surface area contributed by atoms with Gasteiger partial charge >= 0.3 is 0 Å². The summed E-state index contributed by atoms with van der Waals surface area (Å²) in [6.07, 6.45) is 4.13. The van der Waals surface area contributed by atoms with Gasteiger partial charge in [0.2, 0.25) is 11.7 Å². The van der Waals surface area contributed by atoms with Gasteiger partial charge in [0.25, 0.3) is 0 Å². The second-order valence-electron chi connectivity index (χ2n) is 3.03. The molecule has 0 atom stereocenters. The molecule has 4 nitrogen and oxygen atoms in total. The number of rotatable bonds is 3. The van der Waals surface area contributed by atoms with Crippen molar-refractivity contribution in [3.05, 3.63) is 36.4 Å². The van der Waals surface area contributed by atoms with Crippen molar-refractivity contribution in [2.24, 2.45) is 0 Å². The molecule has 0 radical (unpaired) electrons. The fourth-order valence-electron chi connectivity index (χ4n) is 1.34. The molecule has 0 saturated carbocycles. The van der Waals surface area contributed by atoms with Crippen LogP contribution in [-0.4, -0.2) is 15.1 Å². The number of nitrogens with zero attached hydrogens (tertiary/aromatic N) is 3. The Morgan fingerprint density at radius 3 is 3.07 bits per heavy atom. The minimum absolute atomic E-state index is 0.415. The predicted molar refractivity (Wildman–Crippen MR) is 57.0 cm³/mol. The van der Waals surface area contributed by atoms with E-state index in [2.05, 4.69) is 28.6 Å². The zero-order chi connectivity index (χ0) is 10.7. The van der Waals surface area contributed by atoms with Gasteiger partial charge in [-0.25, -0.2) is 0 Å². The Labute approximate surface area is 87.7 Å². The summed E-state index contributed by atoms with van der Waals surface area (Å²) < 4.78 is 4.95. The molecular weight excluding hydrogens is 190 g/mol. The molecule has 0 unspecified atom stereocenters. The summed E-state index contributed by atoms with van der Waals surface area (Å²) in [6, 6.07) is 3.91. The van der Waals surface area contributed by atoms with E-state index < -0.39 is 0 Å². The van der Waals surface area contributed by atoms with E-state index in [9.17, 15) is 0 Å². The predicted octanol–water partition coefficient (Wildman–Crippen LogP) is 2.34. The fourth-order valence-corrected chi connectivity index (χ4v) is 1.34. The second-order valence-corrected chi connectivity index (χ2v) is 3.03. The Bertz CT molecular complexity index is 476. The van der Waals surface area contributed by atoms with Crippen LogP contribution in [0.1, 0.15) is 18.4 Å². The lowest BCUT2D eigenvalue weighted by molar-refractivity contribution is 0.411. The minimum Gasteiger partial charge on any atom is -0.334 e. The van der Waals surface area contributed by atoms with Crippen molar-refractivity contribution in [3.63, 3.8) is 0 Å². The van der Waals surface area contributed by atoms with Crippen LogP contribution in [0.3, 0.4) is 0 Å². The summed E-state index contributed by atoms with van der Waals surface area (Å²) in [4.78, 5) is 8.40. The van der Waals surface area contributed by atoms with E-state index >= 15 is 0 Å². The lowest BCUT2D eigenvalue weighted by Gasteiger charge is -2.00. The maximum absolute atomic E-state index is 4.95. The molecule has 4 heteroatoms. The fraction of sp³-hybridized carbons (Fsp3) is 0.182. The Balaban J connectivity index is 2.48. The maximum atomic E-state index is 4.95. The van der Waals surface area contributed by atoms with Crippen LogP contribution >= 0.6 is 0 Å². The quantitative estimate of drug-likeness (QED) is 0.764. The number of pyridine rings is 1. The van der Waals surface area contributed by atoms with E-state index in [4.69, 9.17) is 4.52 Å². The normalized spacial score (nSPS) is 10.2. The van der Waals surface area contributed by atoms with Gasteiger partial charge in [-0.2, -0.15) is 4.98 Å². The highest BCUT2D eigenvalue weighted by Crippen LogP contribution is 2.18. The van der Waals surface area contributed by atoms with Gasteiger partial charge in [-0.05, 0) is 24.1 Å². The maximum Gasteiger partial charge on any atom is 0.250 e. The number of hydrogen-bond acceptors (Lipinski definition) is 4. The molecule has 0 aliphatic rings. The van der Waals surface area contributed by atoms with Crippen LogP contribution in [0, 0.1) is 0 Å². The van der Waals surface area contributed by atoms with Gasteiger partial charge in [0, 0.05) is 6.20 Å². The van der Waals surface area contributed by atoms with Crippen LogP contribution in [-0.2, 0) is 6.42 Å². The Morgan fingerprint density at radius 2 is 2.40 bits per heavy atom. The number of hydrogen-bond donors (Lipinski definition) is 0. The van der Waals surface area contributed by atoms with Gasteiger partial charge in [0.1, 0.15) is 5.69 Å². The van der Waals surface area contributed by atoms with Gasteiger partial charge in [-0.3, -0.25) is 4.98 Å². The minimum atomic E-state index is 0.415. The van der Waals surface area contributed by atoms with Crippen molar-refractivity contribution in [2.45, 2.75) is 13.3 Å². The molecule has 2 aromatic heterocycles. The molecule has 0 aromatic carbocycles. The average molecular weight is 201 g/mol. The Morgan fingerprint density at radius 1 is 1.53 bits per heavy atom. The van der Waals surface area contributed by atoms with Gasteiger partial charge in [0.05, 0.1) is 0 Å². The third kappa shape index (κ3) is 1.79. The summed E-state index contributed by atoms with van der Waals surface area (Å²) in [7, 11) is 0. The summed E-state index contributed by atoms with van der Waals surface area (Å²) in [5, 5.41) is 3.85. The van der Waals surface area contributed by atoms with Crippen molar-refractivity contribution >= 4 is 6.08 Å². The number of aryl methyl sites for hydroxylation is 1. The summed E-state index contributed by atoms with van der Waals surface area (Å²) >= 11 is 0. The van der Waals surface area contributed by atoms with Gasteiger partial charge in [-0.1, -0.05) is 24.7 Å². The smallest absolute Gasteiger partial charge is 0.250 e. The van der Waals surface area contributed by atoms with Gasteiger partial charge < -0.3 is 4.52 Å². The van der Waals surface area contributed by atoms with Crippen LogP contribution in [0.4, 0.5) is 0 Å². The molecule has 0 saturated heterocycles. The number of aromatic nitrogens is 3. The molecule has 0 N–H and O–H groups in total. The Hall–Kier alpha value is -1.97. The first kappa shape index (κ1) is 9.58. The highest BCUT2D eigenvalue weighted by molar-refractivity contribution is 5.55. The molecule has 0 bridgehead atoms. The summed E-state index contributed by atoms with van der Waals surface area (Å²) in [5.41, 5.74) is 1.88. The largest absolute Gasteiger partial charge is 0.334 e. The third-order valence-corrected chi connectivity index (χ3v) is 2.10. The zero-order valence-electron chi connectivity index (χ0n) is 8.47. The molecule has 76 valence electrons. The molecule has 0 aliphatic carbocycles. The van der Waals surface area contributed by atoms with Crippen LogP contribution in [0.2, 0.25) is 0 Å². The van der Waals surface area contributed by atoms with E-state index in [0.717, 1.165) is 17.7 Å². The van der Waals surface area contributed by atoms with Crippen molar-refractivity contribution in [1.29, 1.82) is 0 Å². The van der Waals surface area contributed by atoms with Crippen LogP contribution < -0.4 is 0 Å². The first-order chi connectivity index (χ1) is 7.35. The first-order valence-electron chi connectivity index (χ1n) is 4.75. The molecule has 2 heterocycles. The standard InChI is InChI=1S/C11H11N3O/c1-3-8-6-5-7-12-10(8)11-13-9(4-2)15-14-11/h4-7H,2-3H2,1H3. The third-order valence-electron chi connectivity index (χ3n) is 2.10. The molecule has 0 fully saturated rings. The van der Waals surface area contributed by atoms with Crippen molar-refractivity contribution in [2.75, 3.05) is 0 Å². The van der Waals surface area contributed by atoms with Gasteiger partial charge in [-0.15, -0.1) is 0 Å². The monoisotopic (exact) mass is 201 g/mol. The average Bonchev–Trinajstić information content (AvgIpc) is 2.77. The molecule has 2 rings (SSSR count). The highest BCUT2D eigenvalue weighted by atomic mass is 16.5. The van der Waals surface area contributed by atoms with Crippen molar-refractivity contribution in [1.82, 2.24) is 15.1 Å². The van der Waals surface area contributed by atoms with Crippen LogP contribution in [0.25, 0.3) is 17.6 Å². The Kier molecular flexibility index (Phi) is 2.58. The second kappa shape index (κ2) is 4.04. The molecule has 0 amide bonds. The SMILES string of the molecule is C=Cc1nc(-c2ncccc2CC)no1. The van der Waals surface area contributed by atoms with E-state index in [1.165, 1.54) is 6.08 Å². The van der Waals surface area contributed by atoms with E-state index in [1.54, 1.807) is 6.20 Å². The molecular formula is C11H11N3O. The van der Waals surface area contributed by atoms with Crippen molar-refractivity contribution in [3.8, 4) is 11.5 Å². The first-order valence-corrected chi connectivity index (χ1v) is 4.75. The summed E-state index contributed by atoms with van der Waals surface area (Å²) in [6.45, 7) is 5.63. The van der Waals surface area contributed by atoms with Crippen molar-refractivity contribution < 1.29 is 4.52 Å². The van der Waals surface area contributed by atoms with Crippen LogP contribution in [0.5, 0.6) is 0 Å². The zero-order valence-corrected chi connectivity index (χ0v) is 8.47. The lowest BCUT2D eigenvalue weighted by atomic mass is 10.1. The molecule has 2 aromatic rings. The van der Waals surface area contributed by atoms with E-state index in [-0.39, 0.29) is 0 Å². The lowest BCUT2D eigenvalue weighted by Crippen LogP contribution is -1.92. The van der Waals surface area contributed by atoms with E-state index in [0.29, 0.717) is 11.7 Å². The highest BCUT2D eigenvalue weighted by Gasteiger charge is 2.10. The molecule has 0 spiro atoms. The molecule has 0 aliphatic heterocycles. The topological polar surface area (TPSA) is 51.8 Å². The van der Waals surface area contributed by atoms with E-state index in [1.807, 2.05) is 12.1 Å².